The number of hydrogen-bond donors (Lipinski definition) is 1. The topological polar surface area (TPSA) is 30.5 Å². The van der Waals surface area contributed by atoms with Crippen molar-refractivity contribution in [1.29, 1.82) is 0 Å². The highest BCUT2D eigenvalue weighted by Crippen LogP contribution is 2.50. The van der Waals surface area contributed by atoms with Gasteiger partial charge in [-0.05, 0) is 60.9 Å². The van der Waals surface area contributed by atoms with E-state index in [9.17, 15) is 13.2 Å². The molecule has 2 aromatic rings. The zero-order valence-electron chi connectivity index (χ0n) is 15.5. The van der Waals surface area contributed by atoms with Crippen LogP contribution in [0.25, 0.3) is 0 Å². The van der Waals surface area contributed by atoms with E-state index in [0.29, 0.717) is 0 Å². The summed E-state index contributed by atoms with van der Waals surface area (Å²) in [5, 5.41) is 3.50. The minimum absolute atomic E-state index is 0.0621. The summed E-state index contributed by atoms with van der Waals surface area (Å²) < 4.78 is 47.8. The van der Waals surface area contributed by atoms with Gasteiger partial charge in [0.1, 0.15) is 11.4 Å². The third-order valence-electron chi connectivity index (χ3n) is 5.41. The molecule has 6 heteroatoms. The van der Waals surface area contributed by atoms with Gasteiger partial charge in [-0.25, -0.2) is 0 Å². The molecule has 2 unspecified atom stereocenters. The van der Waals surface area contributed by atoms with Crippen LogP contribution in [0.1, 0.15) is 25.5 Å². The van der Waals surface area contributed by atoms with Gasteiger partial charge < -0.3 is 14.8 Å². The summed E-state index contributed by atoms with van der Waals surface area (Å²) in [4.78, 5) is 0. The lowest BCUT2D eigenvalue weighted by Crippen LogP contribution is -2.39. The van der Waals surface area contributed by atoms with E-state index in [0.717, 1.165) is 16.8 Å². The summed E-state index contributed by atoms with van der Waals surface area (Å²) in [7, 11) is 0. The van der Waals surface area contributed by atoms with E-state index in [-0.39, 0.29) is 17.9 Å². The predicted octanol–water partition coefficient (Wildman–Crippen LogP) is 5.78. The Morgan fingerprint density at radius 2 is 1.71 bits per heavy atom. The highest BCUT2D eigenvalue weighted by atomic mass is 19.4. The van der Waals surface area contributed by atoms with Crippen molar-refractivity contribution in [3.63, 3.8) is 0 Å². The molecular formula is C22H20F3NO2. The molecule has 28 heavy (non-hydrogen) atoms. The van der Waals surface area contributed by atoms with Gasteiger partial charge in [0.2, 0.25) is 0 Å². The molecule has 2 bridgehead atoms. The number of rotatable bonds is 5. The maximum absolute atomic E-state index is 12.5. The number of benzene rings is 2. The molecule has 0 fully saturated rings. The van der Waals surface area contributed by atoms with Crippen molar-refractivity contribution in [3.05, 3.63) is 83.5 Å². The van der Waals surface area contributed by atoms with Crippen molar-refractivity contribution in [2.75, 3.05) is 5.32 Å². The molecule has 2 aliphatic rings. The summed E-state index contributed by atoms with van der Waals surface area (Å²) in [5.41, 5.74) is 3.30. The largest absolute Gasteiger partial charge is 0.573 e. The number of ether oxygens (including phenoxy) is 2. The Hall–Kier alpha value is -2.73. The maximum atomic E-state index is 12.5. The molecule has 0 aromatic heterocycles. The van der Waals surface area contributed by atoms with Crippen molar-refractivity contribution < 1.29 is 22.6 Å². The summed E-state index contributed by atoms with van der Waals surface area (Å²) in [6.45, 7) is 4.09. The Labute approximate surface area is 161 Å². The second-order valence-corrected chi connectivity index (χ2v) is 7.06. The highest BCUT2D eigenvalue weighted by molar-refractivity contribution is 5.54. The Bertz CT molecular complexity index is 919. The lowest BCUT2D eigenvalue weighted by atomic mass is 9.80. The third-order valence-corrected chi connectivity index (χ3v) is 5.41. The monoisotopic (exact) mass is 387 g/mol. The van der Waals surface area contributed by atoms with E-state index in [4.69, 9.17) is 4.74 Å². The standard InChI is InChI=1S/C22H20F3NO2/c1-14-15(2)21(13-12-19(14)28-21)20(26-17-6-4-3-5-7-17)16-8-10-18(11-9-16)27-22(23,24)25/h3-13,19-20,26H,1-2H3/t19-,20?,21?/m0/s1. The van der Waals surface area contributed by atoms with Crippen LogP contribution in [-0.2, 0) is 4.74 Å². The van der Waals surface area contributed by atoms with Gasteiger partial charge >= 0.3 is 6.36 Å². The number of anilines is 1. The Balaban J connectivity index is 1.71. The SMILES string of the molecule is CC1=C(C)C2(C(Nc3ccccc3)c3ccc(OC(F)(F)F)cc3)C=C[C@@H]1O2. The van der Waals surface area contributed by atoms with Gasteiger partial charge in [0.25, 0.3) is 0 Å². The minimum atomic E-state index is -4.71. The average Bonchev–Trinajstić information content (AvgIpc) is 3.20. The predicted molar refractivity (Wildman–Crippen MR) is 101 cm³/mol. The van der Waals surface area contributed by atoms with Gasteiger partial charge in [-0.1, -0.05) is 36.4 Å². The fourth-order valence-electron chi connectivity index (χ4n) is 3.87. The fourth-order valence-corrected chi connectivity index (χ4v) is 3.87. The summed E-state index contributed by atoms with van der Waals surface area (Å²) >= 11 is 0. The molecule has 2 aliphatic heterocycles. The Kier molecular flexibility index (Phi) is 4.46. The van der Waals surface area contributed by atoms with Crippen LogP contribution in [0.4, 0.5) is 18.9 Å². The van der Waals surface area contributed by atoms with Crippen molar-refractivity contribution in [3.8, 4) is 5.75 Å². The first-order valence-electron chi connectivity index (χ1n) is 9.01. The van der Waals surface area contributed by atoms with Gasteiger partial charge in [-0.2, -0.15) is 0 Å². The number of alkyl halides is 3. The van der Waals surface area contributed by atoms with Gasteiger partial charge in [0.05, 0.1) is 12.1 Å². The van der Waals surface area contributed by atoms with Crippen molar-refractivity contribution in [2.24, 2.45) is 0 Å². The second kappa shape index (κ2) is 6.71. The third kappa shape index (κ3) is 3.29. The number of para-hydroxylation sites is 1. The van der Waals surface area contributed by atoms with Crippen molar-refractivity contribution >= 4 is 5.69 Å². The normalized spacial score (nSPS) is 24.5. The minimum Gasteiger partial charge on any atom is -0.406 e. The number of nitrogens with one attached hydrogen (secondary N) is 1. The van der Waals surface area contributed by atoms with Crippen LogP contribution >= 0.6 is 0 Å². The molecule has 4 rings (SSSR count). The van der Waals surface area contributed by atoms with Gasteiger partial charge in [-0.15, -0.1) is 13.2 Å². The Morgan fingerprint density at radius 1 is 1.04 bits per heavy atom. The van der Waals surface area contributed by atoms with E-state index in [1.54, 1.807) is 12.1 Å². The number of fused-ring (bicyclic) bond motifs is 2. The summed E-state index contributed by atoms with van der Waals surface area (Å²) in [5.74, 6) is -0.247. The molecule has 146 valence electrons. The molecule has 0 saturated carbocycles. The fraction of sp³-hybridized carbons (Fsp3) is 0.273. The summed E-state index contributed by atoms with van der Waals surface area (Å²) in [6, 6.07) is 15.3. The lowest BCUT2D eigenvalue weighted by molar-refractivity contribution is -0.274. The first-order chi connectivity index (χ1) is 13.3. The van der Waals surface area contributed by atoms with Crippen LogP contribution in [0.5, 0.6) is 5.75 Å². The molecule has 0 amide bonds. The quantitative estimate of drug-likeness (QED) is 0.660. The van der Waals surface area contributed by atoms with Gasteiger partial charge in [0, 0.05) is 5.69 Å². The van der Waals surface area contributed by atoms with E-state index < -0.39 is 12.0 Å². The highest BCUT2D eigenvalue weighted by Gasteiger charge is 2.51. The lowest BCUT2D eigenvalue weighted by Gasteiger charge is -2.36. The maximum Gasteiger partial charge on any atom is 0.573 e. The van der Waals surface area contributed by atoms with E-state index >= 15 is 0 Å². The zero-order chi connectivity index (χ0) is 19.9. The summed E-state index contributed by atoms with van der Waals surface area (Å²) in [6.07, 6.45) is -0.703. The number of hydrogen-bond acceptors (Lipinski definition) is 3. The van der Waals surface area contributed by atoms with Gasteiger partial charge in [0.15, 0.2) is 0 Å². The van der Waals surface area contributed by atoms with Crippen molar-refractivity contribution in [2.45, 2.75) is 38.0 Å². The molecule has 0 aliphatic carbocycles. The first kappa shape index (κ1) is 18.6. The van der Waals surface area contributed by atoms with Crippen molar-refractivity contribution in [1.82, 2.24) is 0 Å². The zero-order valence-corrected chi connectivity index (χ0v) is 15.5. The molecule has 0 saturated heterocycles. The first-order valence-corrected chi connectivity index (χ1v) is 9.01. The smallest absolute Gasteiger partial charge is 0.406 e. The molecule has 0 spiro atoms. The van der Waals surface area contributed by atoms with E-state index in [2.05, 4.69) is 10.1 Å². The van der Waals surface area contributed by atoms with E-state index in [1.165, 1.54) is 17.7 Å². The molecule has 2 aromatic carbocycles. The molecule has 0 radical (unpaired) electrons. The van der Waals surface area contributed by atoms with Crippen LogP contribution in [0, 0.1) is 0 Å². The molecular weight excluding hydrogens is 367 g/mol. The molecule has 1 N–H and O–H groups in total. The van der Waals surface area contributed by atoms with Crippen LogP contribution in [-0.4, -0.2) is 18.1 Å². The van der Waals surface area contributed by atoms with Crippen LogP contribution in [0.3, 0.4) is 0 Å². The van der Waals surface area contributed by atoms with Crippen LogP contribution in [0.15, 0.2) is 77.9 Å². The number of halogens is 3. The Morgan fingerprint density at radius 3 is 2.29 bits per heavy atom. The van der Waals surface area contributed by atoms with Gasteiger partial charge in [-0.3, -0.25) is 0 Å². The molecule has 2 heterocycles. The molecule has 3 atom stereocenters. The van der Waals surface area contributed by atoms with E-state index in [1.807, 2.05) is 56.3 Å². The van der Waals surface area contributed by atoms with Crippen LogP contribution < -0.4 is 10.1 Å². The average molecular weight is 387 g/mol. The second-order valence-electron chi connectivity index (χ2n) is 7.06. The molecule has 3 nitrogen and oxygen atoms in total. The van der Waals surface area contributed by atoms with Crippen LogP contribution in [0.2, 0.25) is 0 Å².